The van der Waals surface area contributed by atoms with E-state index >= 15 is 0 Å². The predicted octanol–water partition coefficient (Wildman–Crippen LogP) is 5.34. The molecule has 1 aliphatic heterocycles. The lowest BCUT2D eigenvalue weighted by Gasteiger charge is -2.45. The highest BCUT2D eigenvalue weighted by Crippen LogP contribution is 2.43. The van der Waals surface area contributed by atoms with Crippen LogP contribution in [0.25, 0.3) is 5.57 Å². The highest BCUT2D eigenvalue weighted by atomic mass is 16.5. The summed E-state index contributed by atoms with van der Waals surface area (Å²) >= 11 is 0. The fourth-order valence-corrected chi connectivity index (χ4v) is 5.08. The number of nitrogens with one attached hydrogen (secondary N) is 2. The Bertz CT molecular complexity index is 1070. The SMILES string of the molecule is CC1(C)CC(c2ccc(NC(=O)c3nc(C#N)c[nH]3)c(C3=CCCCC3)n2)CC(C)(C)O1. The van der Waals surface area contributed by atoms with Gasteiger partial charge in [-0.3, -0.25) is 9.78 Å². The minimum atomic E-state index is -0.382. The lowest BCUT2D eigenvalue weighted by atomic mass is 9.79. The second-order valence-corrected chi connectivity index (χ2v) is 10.0. The maximum atomic E-state index is 12.8. The second-order valence-electron chi connectivity index (χ2n) is 10.0. The zero-order valence-electron chi connectivity index (χ0n) is 19.3. The molecule has 1 saturated heterocycles. The first-order valence-corrected chi connectivity index (χ1v) is 11.3. The third-order valence-corrected chi connectivity index (χ3v) is 6.11. The van der Waals surface area contributed by atoms with Crippen LogP contribution in [-0.2, 0) is 4.74 Å². The number of allylic oxidation sites excluding steroid dienone is 2. The number of hydrogen-bond donors (Lipinski definition) is 2. The van der Waals surface area contributed by atoms with Crippen molar-refractivity contribution in [3.8, 4) is 6.07 Å². The minimum Gasteiger partial charge on any atom is -0.370 e. The quantitative estimate of drug-likeness (QED) is 0.677. The van der Waals surface area contributed by atoms with E-state index < -0.39 is 0 Å². The summed E-state index contributed by atoms with van der Waals surface area (Å²) < 4.78 is 6.27. The average molecular weight is 434 g/mol. The standard InChI is InChI=1S/C25H31N5O2/c1-24(2)12-17(13-25(3,4)32-24)19-10-11-20(21(29-19)16-8-6-5-7-9-16)30-23(31)22-27-15-18(14-26)28-22/h8,10-11,15,17H,5-7,9,12-13H2,1-4H3,(H,27,28)(H,30,31). The molecule has 2 aromatic rings. The van der Waals surface area contributed by atoms with Gasteiger partial charge in [-0.2, -0.15) is 5.26 Å². The van der Waals surface area contributed by atoms with Gasteiger partial charge in [0, 0.05) is 17.8 Å². The highest BCUT2D eigenvalue weighted by molar-refractivity contribution is 6.03. The van der Waals surface area contributed by atoms with Gasteiger partial charge >= 0.3 is 0 Å². The number of pyridine rings is 1. The number of aromatic amines is 1. The smallest absolute Gasteiger partial charge is 0.291 e. The summed E-state index contributed by atoms with van der Waals surface area (Å²) in [4.78, 5) is 24.6. The summed E-state index contributed by atoms with van der Waals surface area (Å²) in [6.07, 6.45) is 9.73. The van der Waals surface area contributed by atoms with E-state index in [-0.39, 0.29) is 34.5 Å². The first kappa shape index (κ1) is 22.2. The molecule has 0 unspecified atom stereocenters. The van der Waals surface area contributed by atoms with Crippen LogP contribution in [0.3, 0.4) is 0 Å². The zero-order chi connectivity index (χ0) is 22.9. The van der Waals surface area contributed by atoms with Gasteiger partial charge in [-0.05, 0) is 83.9 Å². The molecule has 0 aromatic carbocycles. The van der Waals surface area contributed by atoms with E-state index in [1.165, 1.54) is 18.2 Å². The van der Waals surface area contributed by atoms with Crippen LogP contribution in [-0.4, -0.2) is 32.1 Å². The topological polar surface area (TPSA) is 104 Å². The number of H-pyrrole nitrogens is 1. The lowest BCUT2D eigenvalue weighted by Crippen LogP contribution is -2.44. The van der Waals surface area contributed by atoms with Gasteiger partial charge in [-0.15, -0.1) is 0 Å². The molecule has 32 heavy (non-hydrogen) atoms. The summed E-state index contributed by atoms with van der Waals surface area (Å²) in [6, 6.07) is 5.91. The minimum absolute atomic E-state index is 0.113. The van der Waals surface area contributed by atoms with Gasteiger partial charge in [-0.1, -0.05) is 6.08 Å². The third-order valence-electron chi connectivity index (χ3n) is 6.11. The Hall–Kier alpha value is -2.98. The zero-order valence-corrected chi connectivity index (χ0v) is 19.3. The molecule has 3 heterocycles. The molecule has 168 valence electrons. The average Bonchev–Trinajstić information content (AvgIpc) is 3.22. The summed E-state index contributed by atoms with van der Waals surface area (Å²) in [5, 5.41) is 11.9. The van der Waals surface area contributed by atoms with Crippen LogP contribution in [0.1, 0.15) is 99.8 Å². The summed E-state index contributed by atoms with van der Waals surface area (Å²) in [6.45, 7) is 8.55. The molecule has 0 bridgehead atoms. The Morgan fingerprint density at radius 1 is 1.19 bits per heavy atom. The van der Waals surface area contributed by atoms with Crippen LogP contribution >= 0.6 is 0 Å². The number of amides is 1. The summed E-state index contributed by atoms with van der Waals surface area (Å²) in [7, 11) is 0. The Morgan fingerprint density at radius 3 is 2.56 bits per heavy atom. The normalized spacial score (nSPS) is 20.3. The number of rotatable bonds is 4. The van der Waals surface area contributed by atoms with Crippen molar-refractivity contribution in [3.63, 3.8) is 0 Å². The van der Waals surface area contributed by atoms with Crippen LogP contribution in [0.15, 0.2) is 24.4 Å². The Kier molecular flexibility index (Phi) is 5.91. The molecular formula is C25H31N5O2. The molecule has 2 aliphatic rings. The molecule has 0 spiro atoms. The van der Waals surface area contributed by atoms with Gasteiger partial charge in [-0.25, -0.2) is 4.98 Å². The molecule has 1 amide bonds. The fraction of sp³-hybridized carbons (Fsp3) is 0.520. The molecule has 0 atom stereocenters. The number of nitrogens with zero attached hydrogens (tertiary/aromatic N) is 3. The van der Waals surface area contributed by atoms with Crippen molar-refractivity contribution < 1.29 is 9.53 Å². The van der Waals surface area contributed by atoms with E-state index in [1.54, 1.807) is 0 Å². The number of anilines is 1. The van der Waals surface area contributed by atoms with Crippen LogP contribution < -0.4 is 5.32 Å². The molecular weight excluding hydrogens is 402 g/mol. The van der Waals surface area contributed by atoms with Gasteiger partial charge in [0.15, 0.2) is 11.5 Å². The second kappa shape index (κ2) is 8.51. The number of carbonyl (C=O) groups excluding carboxylic acids is 1. The molecule has 0 radical (unpaired) electrons. The first-order chi connectivity index (χ1) is 15.2. The van der Waals surface area contributed by atoms with Crippen molar-refractivity contribution in [2.45, 2.75) is 83.3 Å². The number of imidazole rings is 1. The number of ether oxygens (including phenoxy) is 1. The Morgan fingerprint density at radius 2 is 1.94 bits per heavy atom. The van der Waals surface area contributed by atoms with E-state index in [4.69, 9.17) is 15.0 Å². The van der Waals surface area contributed by atoms with Crippen molar-refractivity contribution in [1.82, 2.24) is 15.0 Å². The molecule has 1 fully saturated rings. The maximum Gasteiger partial charge on any atom is 0.291 e. The van der Waals surface area contributed by atoms with Crippen LogP contribution in [0.4, 0.5) is 5.69 Å². The lowest BCUT2D eigenvalue weighted by molar-refractivity contribution is -0.162. The van der Waals surface area contributed by atoms with E-state index in [2.05, 4.69) is 49.1 Å². The monoisotopic (exact) mass is 433 g/mol. The fourth-order valence-electron chi connectivity index (χ4n) is 5.08. The Labute approximate surface area is 189 Å². The number of hydrogen-bond acceptors (Lipinski definition) is 5. The van der Waals surface area contributed by atoms with Crippen LogP contribution in [0.5, 0.6) is 0 Å². The predicted molar refractivity (Wildman–Crippen MR) is 123 cm³/mol. The third kappa shape index (κ3) is 4.91. The van der Waals surface area contributed by atoms with E-state index in [9.17, 15) is 4.79 Å². The highest BCUT2D eigenvalue weighted by Gasteiger charge is 2.40. The van der Waals surface area contributed by atoms with Crippen molar-refractivity contribution in [3.05, 3.63) is 47.3 Å². The van der Waals surface area contributed by atoms with Crippen molar-refractivity contribution in [1.29, 1.82) is 5.26 Å². The molecule has 2 aromatic heterocycles. The molecule has 4 rings (SSSR count). The molecule has 7 nitrogen and oxygen atoms in total. The summed E-state index contributed by atoms with van der Waals surface area (Å²) in [5.41, 5.74) is 3.47. The molecule has 0 saturated carbocycles. The maximum absolute atomic E-state index is 12.8. The van der Waals surface area contributed by atoms with E-state index in [0.29, 0.717) is 5.69 Å². The number of carbonyl (C=O) groups is 1. The van der Waals surface area contributed by atoms with Gasteiger partial charge in [0.25, 0.3) is 5.91 Å². The first-order valence-electron chi connectivity index (χ1n) is 11.3. The molecule has 1 aliphatic carbocycles. The number of aromatic nitrogens is 3. The van der Waals surface area contributed by atoms with Gasteiger partial charge in [0.05, 0.1) is 22.6 Å². The van der Waals surface area contributed by atoms with Gasteiger partial charge < -0.3 is 15.0 Å². The number of nitriles is 1. The largest absolute Gasteiger partial charge is 0.370 e. The van der Waals surface area contributed by atoms with E-state index in [0.717, 1.165) is 43.5 Å². The van der Waals surface area contributed by atoms with Crippen molar-refractivity contribution in [2.75, 3.05) is 5.32 Å². The van der Waals surface area contributed by atoms with Gasteiger partial charge in [0.1, 0.15) is 6.07 Å². The van der Waals surface area contributed by atoms with Crippen molar-refractivity contribution >= 4 is 17.2 Å². The Balaban J connectivity index is 1.67. The van der Waals surface area contributed by atoms with E-state index in [1.807, 2.05) is 18.2 Å². The molecule has 7 heteroatoms. The van der Waals surface area contributed by atoms with Crippen molar-refractivity contribution in [2.24, 2.45) is 0 Å². The van der Waals surface area contributed by atoms with Crippen LogP contribution in [0, 0.1) is 11.3 Å². The van der Waals surface area contributed by atoms with Crippen LogP contribution in [0.2, 0.25) is 0 Å². The summed E-state index contributed by atoms with van der Waals surface area (Å²) in [5.74, 6) is 0.0128. The van der Waals surface area contributed by atoms with Gasteiger partial charge in [0.2, 0.25) is 0 Å². The molecule has 2 N–H and O–H groups in total.